The number of nitrogens with zero attached hydrogens (tertiary/aromatic N) is 3. The molecule has 0 N–H and O–H groups in total. The highest BCUT2D eigenvalue weighted by atomic mass is 16.5. The van der Waals surface area contributed by atoms with Gasteiger partial charge in [-0.25, -0.2) is 0 Å². The number of amides is 1. The predicted octanol–water partition coefficient (Wildman–Crippen LogP) is 3.61. The number of aromatic nitrogens is 2. The standard InChI is InChI=1S/C19H23N3O2/c1-14(2)18-20-19(24-21-18)16-10-12-22(13-11-16)17(23)9-8-15-6-4-3-5-7-15/h3-9,14,16H,10-13H2,1-2H3. The molecule has 24 heavy (non-hydrogen) atoms. The van der Waals surface area contributed by atoms with E-state index < -0.39 is 0 Å². The molecule has 5 heteroatoms. The average Bonchev–Trinajstić information content (AvgIpc) is 3.11. The number of hydrogen-bond donors (Lipinski definition) is 0. The van der Waals surface area contributed by atoms with Crippen LogP contribution in [0.25, 0.3) is 6.08 Å². The maximum absolute atomic E-state index is 12.3. The fourth-order valence-corrected chi connectivity index (χ4v) is 2.83. The summed E-state index contributed by atoms with van der Waals surface area (Å²) in [5.74, 6) is 2.06. The van der Waals surface area contributed by atoms with Crippen molar-refractivity contribution in [2.75, 3.05) is 13.1 Å². The van der Waals surface area contributed by atoms with Gasteiger partial charge in [0.2, 0.25) is 11.8 Å². The molecule has 0 bridgehead atoms. The Labute approximate surface area is 142 Å². The van der Waals surface area contributed by atoms with E-state index in [0.29, 0.717) is 5.89 Å². The number of benzene rings is 1. The van der Waals surface area contributed by atoms with Crippen LogP contribution in [0.4, 0.5) is 0 Å². The molecule has 0 saturated carbocycles. The van der Waals surface area contributed by atoms with E-state index in [1.165, 1.54) is 0 Å². The van der Waals surface area contributed by atoms with Crippen molar-refractivity contribution in [3.8, 4) is 0 Å². The molecule has 1 aliphatic rings. The fraction of sp³-hybridized carbons (Fsp3) is 0.421. The molecule has 0 aliphatic carbocycles. The lowest BCUT2D eigenvalue weighted by Crippen LogP contribution is -2.36. The summed E-state index contributed by atoms with van der Waals surface area (Å²) < 4.78 is 5.39. The summed E-state index contributed by atoms with van der Waals surface area (Å²) in [4.78, 5) is 18.7. The average molecular weight is 325 g/mol. The van der Waals surface area contributed by atoms with Gasteiger partial charge in [0.15, 0.2) is 5.82 Å². The first-order valence-electron chi connectivity index (χ1n) is 8.49. The Balaban J connectivity index is 1.54. The molecule has 0 atom stereocenters. The maximum atomic E-state index is 12.3. The number of piperidine rings is 1. The third-order valence-corrected chi connectivity index (χ3v) is 4.35. The van der Waals surface area contributed by atoms with Gasteiger partial charge in [0.1, 0.15) is 0 Å². The Morgan fingerprint density at radius 2 is 1.96 bits per heavy atom. The zero-order valence-corrected chi connectivity index (χ0v) is 14.2. The summed E-state index contributed by atoms with van der Waals surface area (Å²) in [7, 11) is 0. The van der Waals surface area contributed by atoms with E-state index in [1.54, 1.807) is 6.08 Å². The van der Waals surface area contributed by atoms with Crippen molar-refractivity contribution in [1.82, 2.24) is 15.0 Å². The molecule has 1 fully saturated rings. The van der Waals surface area contributed by atoms with E-state index in [9.17, 15) is 4.79 Å². The second kappa shape index (κ2) is 7.43. The lowest BCUT2D eigenvalue weighted by molar-refractivity contribution is -0.127. The van der Waals surface area contributed by atoms with Crippen LogP contribution in [0, 0.1) is 0 Å². The zero-order chi connectivity index (χ0) is 16.9. The van der Waals surface area contributed by atoms with Crippen LogP contribution in [-0.4, -0.2) is 34.0 Å². The molecule has 1 aromatic heterocycles. The zero-order valence-electron chi connectivity index (χ0n) is 14.2. The number of likely N-dealkylation sites (tertiary alicyclic amines) is 1. The first-order valence-corrected chi connectivity index (χ1v) is 8.49. The number of carbonyl (C=O) groups is 1. The highest BCUT2D eigenvalue weighted by Crippen LogP contribution is 2.27. The SMILES string of the molecule is CC(C)c1noc(C2CCN(C(=O)C=Cc3ccccc3)CC2)n1. The highest BCUT2D eigenvalue weighted by molar-refractivity contribution is 5.91. The molecular formula is C19H23N3O2. The van der Waals surface area contributed by atoms with E-state index in [4.69, 9.17) is 4.52 Å². The molecule has 1 saturated heterocycles. The number of rotatable bonds is 4. The lowest BCUT2D eigenvalue weighted by atomic mass is 9.96. The molecule has 3 rings (SSSR count). The summed E-state index contributed by atoms with van der Waals surface area (Å²) in [6.45, 7) is 5.55. The first kappa shape index (κ1) is 16.4. The van der Waals surface area contributed by atoms with Gasteiger partial charge in [-0.3, -0.25) is 4.79 Å². The Bertz CT molecular complexity index is 698. The van der Waals surface area contributed by atoms with Crippen LogP contribution in [0.2, 0.25) is 0 Å². The van der Waals surface area contributed by atoms with Crippen LogP contribution in [0.1, 0.15) is 55.8 Å². The molecule has 0 radical (unpaired) electrons. The van der Waals surface area contributed by atoms with E-state index in [1.807, 2.05) is 41.3 Å². The smallest absolute Gasteiger partial charge is 0.246 e. The molecule has 1 aliphatic heterocycles. The summed E-state index contributed by atoms with van der Waals surface area (Å²) in [5.41, 5.74) is 1.04. The largest absolute Gasteiger partial charge is 0.339 e. The van der Waals surface area contributed by atoms with Gasteiger partial charge in [0.25, 0.3) is 0 Å². The van der Waals surface area contributed by atoms with Gasteiger partial charge in [-0.15, -0.1) is 0 Å². The van der Waals surface area contributed by atoms with Crippen molar-refractivity contribution < 1.29 is 9.32 Å². The van der Waals surface area contributed by atoms with Gasteiger partial charge in [-0.2, -0.15) is 4.98 Å². The molecule has 1 aromatic carbocycles. The van der Waals surface area contributed by atoms with Crippen molar-refractivity contribution >= 4 is 12.0 Å². The summed E-state index contributed by atoms with van der Waals surface area (Å²) in [6.07, 6.45) is 5.25. The Morgan fingerprint density at radius 3 is 2.58 bits per heavy atom. The second-order valence-corrected chi connectivity index (χ2v) is 6.49. The normalized spacial score (nSPS) is 16.2. The second-order valence-electron chi connectivity index (χ2n) is 6.49. The number of carbonyl (C=O) groups excluding carboxylic acids is 1. The molecular weight excluding hydrogens is 302 g/mol. The predicted molar refractivity (Wildman–Crippen MR) is 92.4 cm³/mol. The maximum Gasteiger partial charge on any atom is 0.246 e. The molecule has 2 heterocycles. The Hall–Kier alpha value is -2.43. The van der Waals surface area contributed by atoms with Crippen LogP contribution in [0.3, 0.4) is 0 Å². The third kappa shape index (κ3) is 3.91. The van der Waals surface area contributed by atoms with E-state index in [2.05, 4.69) is 24.0 Å². The Morgan fingerprint density at radius 1 is 1.25 bits per heavy atom. The highest BCUT2D eigenvalue weighted by Gasteiger charge is 2.27. The van der Waals surface area contributed by atoms with Crippen molar-refractivity contribution in [1.29, 1.82) is 0 Å². The van der Waals surface area contributed by atoms with Crippen LogP contribution >= 0.6 is 0 Å². The molecule has 2 aromatic rings. The molecule has 0 unspecified atom stereocenters. The van der Waals surface area contributed by atoms with Crippen LogP contribution in [0.15, 0.2) is 40.9 Å². The minimum absolute atomic E-state index is 0.0608. The quantitative estimate of drug-likeness (QED) is 0.806. The monoisotopic (exact) mass is 325 g/mol. The first-order chi connectivity index (χ1) is 11.6. The number of hydrogen-bond acceptors (Lipinski definition) is 4. The fourth-order valence-electron chi connectivity index (χ4n) is 2.83. The molecule has 1 amide bonds. The van der Waals surface area contributed by atoms with Gasteiger partial charge in [-0.1, -0.05) is 49.3 Å². The summed E-state index contributed by atoms with van der Waals surface area (Å²) in [6, 6.07) is 9.86. The van der Waals surface area contributed by atoms with Crippen LogP contribution in [0.5, 0.6) is 0 Å². The minimum Gasteiger partial charge on any atom is -0.339 e. The van der Waals surface area contributed by atoms with Crippen LogP contribution in [-0.2, 0) is 4.79 Å². The van der Waals surface area contributed by atoms with Crippen molar-refractivity contribution in [2.24, 2.45) is 0 Å². The molecule has 0 spiro atoms. The third-order valence-electron chi connectivity index (χ3n) is 4.35. The van der Waals surface area contributed by atoms with Crippen molar-refractivity contribution in [2.45, 2.75) is 38.5 Å². The lowest BCUT2D eigenvalue weighted by Gasteiger charge is -2.29. The minimum atomic E-state index is 0.0608. The topological polar surface area (TPSA) is 59.2 Å². The summed E-state index contributed by atoms with van der Waals surface area (Å²) >= 11 is 0. The Kier molecular flexibility index (Phi) is 5.08. The van der Waals surface area contributed by atoms with Gasteiger partial charge in [0, 0.05) is 31.0 Å². The van der Waals surface area contributed by atoms with E-state index in [0.717, 1.165) is 37.3 Å². The van der Waals surface area contributed by atoms with Gasteiger partial charge in [-0.05, 0) is 24.5 Å². The van der Waals surface area contributed by atoms with Crippen molar-refractivity contribution in [3.05, 3.63) is 53.7 Å². The van der Waals surface area contributed by atoms with Gasteiger partial charge < -0.3 is 9.42 Å². The molecule has 126 valence electrons. The van der Waals surface area contributed by atoms with E-state index >= 15 is 0 Å². The molecule has 5 nitrogen and oxygen atoms in total. The van der Waals surface area contributed by atoms with E-state index in [-0.39, 0.29) is 17.7 Å². The van der Waals surface area contributed by atoms with Crippen LogP contribution < -0.4 is 0 Å². The van der Waals surface area contributed by atoms with Gasteiger partial charge in [0.05, 0.1) is 0 Å². The summed E-state index contributed by atoms with van der Waals surface area (Å²) in [5, 5.41) is 4.03. The van der Waals surface area contributed by atoms with Gasteiger partial charge >= 0.3 is 0 Å². The van der Waals surface area contributed by atoms with Crippen molar-refractivity contribution in [3.63, 3.8) is 0 Å².